The van der Waals surface area contributed by atoms with Crippen LogP contribution in [0, 0.1) is 12.3 Å². The number of hydrogen-bond donors (Lipinski definition) is 2. The van der Waals surface area contributed by atoms with Crippen molar-refractivity contribution in [1.29, 1.82) is 0 Å². The van der Waals surface area contributed by atoms with Gasteiger partial charge in [-0.2, -0.15) is 0 Å². The molecule has 0 aliphatic carbocycles. The van der Waals surface area contributed by atoms with Gasteiger partial charge in [0.05, 0.1) is 19.8 Å². The molecule has 1 aromatic rings. The summed E-state index contributed by atoms with van der Waals surface area (Å²) < 4.78 is 10.8. The molecule has 0 saturated carbocycles. The average Bonchev–Trinajstić information content (AvgIpc) is 3.03. The molecule has 25 heavy (non-hydrogen) atoms. The summed E-state index contributed by atoms with van der Waals surface area (Å²) in [4.78, 5) is 6.74. The van der Waals surface area contributed by atoms with Crippen molar-refractivity contribution in [3.63, 3.8) is 0 Å². The van der Waals surface area contributed by atoms with Gasteiger partial charge in [-0.15, -0.1) is 30.4 Å². The molecule has 1 saturated heterocycles. The van der Waals surface area contributed by atoms with Crippen LogP contribution in [-0.4, -0.2) is 55.4 Å². The molecule has 6 nitrogen and oxygen atoms in total. The molecule has 1 aliphatic rings. The van der Waals surface area contributed by atoms with E-state index < -0.39 is 0 Å². The minimum absolute atomic E-state index is 0. The lowest BCUT2D eigenvalue weighted by atomic mass is 10.2. The Morgan fingerprint density at radius 2 is 2.28 bits per heavy atom. The van der Waals surface area contributed by atoms with Crippen LogP contribution in [0.3, 0.4) is 0 Å². The molecular weight excluding hydrogens is 433 g/mol. The molecule has 0 radical (unpaired) electrons. The van der Waals surface area contributed by atoms with Gasteiger partial charge in [0.15, 0.2) is 17.5 Å². The van der Waals surface area contributed by atoms with E-state index in [2.05, 4.69) is 21.1 Å². The molecule has 0 amide bonds. The summed E-state index contributed by atoms with van der Waals surface area (Å²) in [5, 5.41) is 13.0. The van der Waals surface area contributed by atoms with Crippen molar-refractivity contribution in [2.45, 2.75) is 26.0 Å². The SMILES string of the molecule is C#CCOc1cc(CN=C(NCC)N2CC[C@@H](O)C2)ccc1OC.I. The first-order chi connectivity index (χ1) is 11.7. The first-order valence-electron chi connectivity index (χ1n) is 8.12. The van der Waals surface area contributed by atoms with Crippen LogP contribution < -0.4 is 14.8 Å². The summed E-state index contributed by atoms with van der Waals surface area (Å²) in [6.45, 7) is 4.94. The number of nitrogens with zero attached hydrogens (tertiary/aromatic N) is 2. The number of aliphatic imine (C=N–C) groups is 1. The highest BCUT2D eigenvalue weighted by molar-refractivity contribution is 14.0. The van der Waals surface area contributed by atoms with E-state index in [1.54, 1.807) is 7.11 Å². The maximum atomic E-state index is 9.71. The Labute approximate surface area is 166 Å². The van der Waals surface area contributed by atoms with Gasteiger partial charge in [0.2, 0.25) is 0 Å². The molecule has 138 valence electrons. The minimum atomic E-state index is -0.279. The van der Waals surface area contributed by atoms with E-state index in [-0.39, 0.29) is 36.7 Å². The summed E-state index contributed by atoms with van der Waals surface area (Å²) in [7, 11) is 1.60. The topological polar surface area (TPSA) is 66.3 Å². The van der Waals surface area contributed by atoms with E-state index in [9.17, 15) is 5.11 Å². The second-order valence-corrected chi connectivity index (χ2v) is 5.54. The van der Waals surface area contributed by atoms with E-state index in [4.69, 9.17) is 15.9 Å². The lowest BCUT2D eigenvalue weighted by Crippen LogP contribution is -2.40. The molecule has 1 atom stereocenters. The fourth-order valence-electron chi connectivity index (χ4n) is 2.58. The van der Waals surface area contributed by atoms with Crippen LogP contribution in [0.25, 0.3) is 0 Å². The van der Waals surface area contributed by atoms with Gasteiger partial charge in [-0.05, 0) is 31.0 Å². The molecule has 1 aliphatic heterocycles. The normalized spacial score (nSPS) is 16.8. The number of benzene rings is 1. The molecule has 0 spiro atoms. The van der Waals surface area contributed by atoms with Crippen molar-refractivity contribution in [2.24, 2.45) is 4.99 Å². The minimum Gasteiger partial charge on any atom is -0.493 e. The van der Waals surface area contributed by atoms with E-state index in [1.165, 1.54) is 0 Å². The molecule has 0 unspecified atom stereocenters. The van der Waals surface area contributed by atoms with Crippen LogP contribution in [-0.2, 0) is 6.54 Å². The molecular formula is C18H26IN3O3. The number of terminal acetylenes is 1. The van der Waals surface area contributed by atoms with E-state index in [0.29, 0.717) is 24.6 Å². The molecule has 1 heterocycles. The van der Waals surface area contributed by atoms with E-state index in [1.807, 2.05) is 25.1 Å². The summed E-state index contributed by atoms with van der Waals surface area (Å²) in [6.07, 6.45) is 5.74. The fourth-order valence-corrected chi connectivity index (χ4v) is 2.58. The van der Waals surface area contributed by atoms with Crippen LogP contribution in [0.5, 0.6) is 11.5 Å². The number of methoxy groups -OCH3 is 1. The van der Waals surface area contributed by atoms with Gasteiger partial charge >= 0.3 is 0 Å². The smallest absolute Gasteiger partial charge is 0.194 e. The predicted octanol–water partition coefficient (Wildman–Crippen LogP) is 1.86. The maximum Gasteiger partial charge on any atom is 0.194 e. The number of aliphatic hydroxyl groups excluding tert-OH is 1. The Kier molecular flexibility index (Phi) is 9.45. The highest BCUT2D eigenvalue weighted by Gasteiger charge is 2.22. The number of ether oxygens (including phenoxy) is 2. The Morgan fingerprint density at radius 1 is 1.48 bits per heavy atom. The molecule has 1 fully saturated rings. The number of likely N-dealkylation sites (tertiary alicyclic amines) is 1. The molecule has 0 bridgehead atoms. The molecule has 7 heteroatoms. The first-order valence-corrected chi connectivity index (χ1v) is 8.12. The third kappa shape index (κ3) is 6.29. The number of β-amino-alcohol motifs (C(OH)–C–C–N with tert-alkyl or cyclic N) is 1. The summed E-state index contributed by atoms with van der Waals surface area (Å²) in [5.41, 5.74) is 0.998. The second kappa shape index (κ2) is 11.1. The number of guanidine groups is 1. The fraction of sp³-hybridized carbons (Fsp3) is 0.500. The monoisotopic (exact) mass is 459 g/mol. The Balaban J connectivity index is 0.00000312. The maximum absolute atomic E-state index is 9.71. The summed E-state index contributed by atoms with van der Waals surface area (Å²) in [5.74, 6) is 4.53. The zero-order chi connectivity index (χ0) is 17.4. The van der Waals surface area contributed by atoms with Gasteiger partial charge in [0, 0.05) is 19.6 Å². The Hall–Kier alpha value is -1.66. The van der Waals surface area contributed by atoms with Crippen LogP contribution in [0.4, 0.5) is 0 Å². The standard InChI is InChI=1S/C18H25N3O3.HI/c1-4-10-24-17-11-14(6-7-16(17)23-3)12-20-18(19-5-2)21-9-8-15(22)13-21;/h1,6-7,11,15,22H,5,8-10,12-13H2,2-3H3,(H,19,20);1H/t15-;/m1./s1. The van der Waals surface area contributed by atoms with Gasteiger partial charge in [-0.25, -0.2) is 4.99 Å². The van der Waals surface area contributed by atoms with Gasteiger partial charge in [0.25, 0.3) is 0 Å². The van der Waals surface area contributed by atoms with E-state index >= 15 is 0 Å². The Morgan fingerprint density at radius 3 is 2.88 bits per heavy atom. The van der Waals surface area contributed by atoms with Crippen LogP contribution in [0.2, 0.25) is 0 Å². The van der Waals surface area contributed by atoms with Crippen molar-refractivity contribution in [3.05, 3.63) is 23.8 Å². The molecule has 1 aromatic carbocycles. The average molecular weight is 459 g/mol. The van der Waals surface area contributed by atoms with Crippen LogP contribution in [0.15, 0.2) is 23.2 Å². The van der Waals surface area contributed by atoms with Crippen molar-refractivity contribution in [1.82, 2.24) is 10.2 Å². The molecule has 2 N–H and O–H groups in total. The quantitative estimate of drug-likeness (QED) is 0.294. The predicted molar refractivity (Wildman–Crippen MR) is 110 cm³/mol. The number of hydrogen-bond acceptors (Lipinski definition) is 4. The zero-order valence-corrected chi connectivity index (χ0v) is 17.0. The summed E-state index contributed by atoms with van der Waals surface area (Å²) in [6, 6.07) is 5.69. The van der Waals surface area contributed by atoms with Gasteiger partial charge in [-0.1, -0.05) is 12.0 Å². The highest BCUT2D eigenvalue weighted by atomic mass is 127. The van der Waals surface area contributed by atoms with Crippen molar-refractivity contribution < 1.29 is 14.6 Å². The highest BCUT2D eigenvalue weighted by Crippen LogP contribution is 2.28. The zero-order valence-electron chi connectivity index (χ0n) is 14.7. The van der Waals surface area contributed by atoms with Gasteiger partial charge in [0.1, 0.15) is 6.61 Å². The van der Waals surface area contributed by atoms with Crippen LogP contribution >= 0.6 is 24.0 Å². The largest absolute Gasteiger partial charge is 0.493 e. The lowest BCUT2D eigenvalue weighted by Gasteiger charge is -2.21. The van der Waals surface area contributed by atoms with Crippen molar-refractivity contribution in [2.75, 3.05) is 33.4 Å². The number of nitrogens with one attached hydrogen (secondary N) is 1. The molecule has 2 rings (SSSR count). The van der Waals surface area contributed by atoms with Crippen LogP contribution in [0.1, 0.15) is 18.9 Å². The van der Waals surface area contributed by atoms with Crippen molar-refractivity contribution >= 4 is 29.9 Å². The van der Waals surface area contributed by atoms with Gasteiger partial charge < -0.3 is 24.8 Å². The number of halogens is 1. The number of aliphatic hydroxyl groups is 1. The van der Waals surface area contributed by atoms with Crippen molar-refractivity contribution in [3.8, 4) is 23.8 Å². The lowest BCUT2D eigenvalue weighted by molar-refractivity contribution is 0.188. The first kappa shape index (κ1) is 21.4. The van der Waals surface area contributed by atoms with E-state index in [0.717, 1.165) is 31.0 Å². The second-order valence-electron chi connectivity index (χ2n) is 5.54. The van der Waals surface area contributed by atoms with Gasteiger partial charge in [-0.3, -0.25) is 0 Å². The summed E-state index contributed by atoms with van der Waals surface area (Å²) >= 11 is 0. The third-order valence-corrected chi connectivity index (χ3v) is 3.75. The molecule has 0 aromatic heterocycles. The number of rotatable bonds is 6. The Bertz CT molecular complexity index is 616. The third-order valence-electron chi connectivity index (χ3n) is 3.75.